The molecule has 0 spiro atoms. The van der Waals surface area contributed by atoms with Gasteiger partial charge in [0.05, 0.1) is 4.88 Å². The number of benzene rings is 2. The Morgan fingerprint density at radius 2 is 0.860 bits per heavy atom. The van der Waals surface area contributed by atoms with Crippen molar-refractivity contribution in [3.05, 3.63) is 59.8 Å². The Bertz CT molecular complexity index is 1540. The second kappa shape index (κ2) is 10.9. The van der Waals surface area contributed by atoms with E-state index in [1.165, 1.54) is 70.6 Å². The van der Waals surface area contributed by atoms with Gasteiger partial charge in [0.25, 0.3) is 0 Å². The van der Waals surface area contributed by atoms with Crippen LogP contribution < -0.4 is 4.74 Å². The predicted octanol–water partition coefficient (Wildman–Crippen LogP) is 13.0. The summed E-state index contributed by atoms with van der Waals surface area (Å²) < 4.78 is 7.88. The molecule has 1 atom stereocenters. The number of hydrogen-bond donors (Lipinski definition) is 0. The van der Waals surface area contributed by atoms with E-state index < -0.39 is 5.60 Å². The molecule has 0 N–H and O–H groups in total. The van der Waals surface area contributed by atoms with Gasteiger partial charge in [0.15, 0.2) is 0 Å². The lowest BCUT2D eigenvalue weighted by molar-refractivity contribution is -0.162. The SMILES string of the molecule is Cc1sc([C@@](C)(Oc2c(C)c(C)c(C)c3c(C)c(C)c(C)c(C)c23)C(C)(C)C(C)(C)C(C(C)(C)C)C(C)(C)C)c(C)c1C. The highest BCUT2D eigenvalue weighted by Gasteiger charge is 2.61. The summed E-state index contributed by atoms with van der Waals surface area (Å²) in [5.41, 5.74) is 11.5. The molecule has 0 saturated heterocycles. The molecule has 0 aliphatic rings. The average Bonchev–Trinajstić information content (AvgIpc) is 3.11. The summed E-state index contributed by atoms with van der Waals surface area (Å²) in [6.45, 7) is 50.0. The highest BCUT2D eigenvalue weighted by atomic mass is 32.1. The first-order valence-corrected chi connectivity index (χ1v) is 17.2. The van der Waals surface area contributed by atoms with Gasteiger partial charge in [0.1, 0.15) is 11.4 Å². The Morgan fingerprint density at radius 1 is 0.465 bits per heavy atom. The molecule has 0 aliphatic heterocycles. The Hall–Kier alpha value is -1.80. The zero-order chi connectivity index (χ0) is 33.6. The van der Waals surface area contributed by atoms with Crippen molar-refractivity contribution in [2.45, 2.75) is 151 Å². The lowest BCUT2D eigenvalue weighted by atomic mass is 9.45. The molecule has 1 heterocycles. The molecule has 0 unspecified atom stereocenters. The van der Waals surface area contributed by atoms with Crippen LogP contribution in [0.25, 0.3) is 10.8 Å². The molecule has 1 aromatic heterocycles. The molecule has 0 fully saturated rings. The van der Waals surface area contributed by atoms with Gasteiger partial charge < -0.3 is 4.74 Å². The average molecular weight is 605 g/mol. The fraction of sp³-hybridized carbons (Fsp3) is 0.659. The van der Waals surface area contributed by atoms with E-state index in [4.69, 9.17) is 4.74 Å². The standard InChI is InChI=1S/C41H64OS/c1-22-23(2)28(7)33-32(26(22)5)27(6)24(3)29(8)34(33)42-41(21,35-30(9)25(4)31(10)43-35)40(19,20)39(17,18)36(37(11,12)13)38(14,15)16/h36H,1-21H3/t41-/m1/s1. The monoisotopic (exact) mass is 604 g/mol. The summed E-state index contributed by atoms with van der Waals surface area (Å²) in [6.07, 6.45) is 0. The van der Waals surface area contributed by atoms with Crippen molar-refractivity contribution in [3.63, 3.8) is 0 Å². The fourth-order valence-electron chi connectivity index (χ4n) is 9.32. The Labute approximate surface area is 270 Å². The van der Waals surface area contributed by atoms with Crippen molar-refractivity contribution < 1.29 is 4.74 Å². The van der Waals surface area contributed by atoms with E-state index in [1.54, 1.807) is 0 Å². The zero-order valence-electron chi connectivity index (χ0n) is 31.9. The lowest BCUT2D eigenvalue weighted by Gasteiger charge is -2.61. The van der Waals surface area contributed by atoms with E-state index in [-0.39, 0.29) is 21.7 Å². The van der Waals surface area contributed by atoms with Crippen molar-refractivity contribution in [1.82, 2.24) is 0 Å². The molecule has 0 bridgehead atoms. The van der Waals surface area contributed by atoms with Crippen LogP contribution in [0.3, 0.4) is 0 Å². The van der Waals surface area contributed by atoms with Gasteiger partial charge in [0.2, 0.25) is 0 Å². The number of hydrogen-bond acceptors (Lipinski definition) is 2. The molecule has 43 heavy (non-hydrogen) atoms. The van der Waals surface area contributed by atoms with Crippen LogP contribution in [0.15, 0.2) is 0 Å². The van der Waals surface area contributed by atoms with Gasteiger partial charge in [-0.15, -0.1) is 11.3 Å². The molecule has 0 radical (unpaired) electrons. The maximum Gasteiger partial charge on any atom is 0.146 e. The van der Waals surface area contributed by atoms with Gasteiger partial charge in [-0.3, -0.25) is 0 Å². The molecular weight excluding hydrogens is 541 g/mol. The van der Waals surface area contributed by atoms with Crippen LogP contribution in [0.4, 0.5) is 0 Å². The van der Waals surface area contributed by atoms with E-state index in [0.717, 1.165) is 5.75 Å². The van der Waals surface area contributed by atoms with E-state index >= 15 is 0 Å². The molecule has 2 heteroatoms. The molecule has 2 aromatic carbocycles. The second-order valence-electron chi connectivity index (χ2n) is 17.3. The van der Waals surface area contributed by atoms with Crippen LogP contribution in [-0.2, 0) is 5.60 Å². The minimum Gasteiger partial charge on any atom is -0.480 e. The van der Waals surface area contributed by atoms with Crippen molar-refractivity contribution in [3.8, 4) is 5.75 Å². The topological polar surface area (TPSA) is 9.23 Å². The minimum atomic E-state index is -0.586. The van der Waals surface area contributed by atoms with E-state index in [0.29, 0.717) is 5.92 Å². The molecule has 240 valence electrons. The van der Waals surface area contributed by atoms with E-state index in [2.05, 4.69) is 145 Å². The van der Waals surface area contributed by atoms with Gasteiger partial charge in [-0.05, 0) is 154 Å². The predicted molar refractivity (Wildman–Crippen MR) is 194 cm³/mol. The van der Waals surface area contributed by atoms with Crippen LogP contribution >= 0.6 is 11.3 Å². The molecule has 0 aliphatic carbocycles. The van der Waals surface area contributed by atoms with Gasteiger partial charge in [-0.2, -0.15) is 0 Å². The fourth-order valence-corrected chi connectivity index (χ4v) is 10.7. The highest BCUT2D eigenvalue weighted by molar-refractivity contribution is 7.12. The molecule has 0 amide bonds. The number of ether oxygens (including phenoxy) is 1. The summed E-state index contributed by atoms with van der Waals surface area (Å²) in [5.74, 6) is 1.50. The van der Waals surface area contributed by atoms with E-state index in [1.807, 2.05) is 11.3 Å². The van der Waals surface area contributed by atoms with Gasteiger partial charge in [0, 0.05) is 15.7 Å². The van der Waals surface area contributed by atoms with Crippen LogP contribution in [0.1, 0.15) is 136 Å². The largest absolute Gasteiger partial charge is 0.480 e. The summed E-state index contributed by atoms with van der Waals surface area (Å²) in [5, 5.41) is 2.67. The first kappa shape index (κ1) is 35.7. The Kier molecular flexibility index (Phi) is 9.06. The third-order valence-corrected chi connectivity index (χ3v) is 14.0. The molecular formula is C41H64OS. The molecule has 3 aromatic rings. The maximum absolute atomic E-state index is 7.88. The number of aryl methyl sites for hydroxylation is 4. The van der Waals surface area contributed by atoms with Crippen LogP contribution in [0.5, 0.6) is 5.75 Å². The third kappa shape index (κ3) is 5.30. The summed E-state index contributed by atoms with van der Waals surface area (Å²) in [6, 6.07) is 0. The first-order chi connectivity index (χ1) is 19.2. The van der Waals surface area contributed by atoms with Crippen LogP contribution in [-0.4, -0.2) is 0 Å². The summed E-state index contributed by atoms with van der Waals surface area (Å²) in [4.78, 5) is 2.76. The number of fused-ring (bicyclic) bond motifs is 1. The van der Waals surface area contributed by atoms with Crippen molar-refractivity contribution in [2.75, 3.05) is 0 Å². The Balaban J connectivity index is 2.57. The van der Waals surface area contributed by atoms with Gasteiger partial charge >= 0.3 is 0 Å². The maximum atomic E-state index is 7.88. The molecule has 1 nitrogen and oxygen atoms in total. The molecule has 0 saturated carbocycles. The smallest absolute Gasteiger partial charge is 0.146 e. The van der Waals surface area contributed by atoms with Crippen molar-refractivity contribution >= 4 is 22.1 Å². The highest BCUT2D eigenvalue weighted by Crippen LogP contribution is 2.64. The van der Waals surface area contributed by atoms with Crippen LogP contribution in [0.2, 0.25) is 0 Å². The molecule has 3 rings (SSSR count). The second-order valence-corrected chi connectivity index (χ2v) is 18.6. The lowest BCUT2D eigenvalue weighted by Crippen LogP contribution is -2.59. The van der Waals surface area contributed by atoms with Crippen molar-refractivity contribution in [2.24, 2.45) is 27.6 Å². The third-order valence-electron chi connectivity index (χ3n) is 12.4. The zero-order valence-corrected chi connectivity index (χ0v) is 32.7. The van der Waals surface area contributed by atoms with Crippen molar-refractivity contribution in [1.29, 1.82) is 0 Å². The van der Waals surface area contributed by atoms with Gasteiger partial charge in [-0.25, -0.2) is 0 Å². The first-order valence-electron chi connectivity index (χ1n) is 16.4. The quantitative estimate of drug-likeness (QED) is 0.272. The minimum absolute atomic E-state index is 0.0859. The van der Waals surface area contributed by atoms with Crippen LogP contribution in [0, 0.1) is 96.8 Å². The summed E-state index contributed by atoms with van der Waals surface area (Å²) in [7, 11) is 0. The normalized spacial score (nSPS) is 15.0. The Morgan fingerprint density at radius 3 is 1.23 bits per heavy atom. The number of rotatable bonds is 6. The summed E-state index contributed by atoms with van der Waals surface area (Å²) >= 11 is 1.94. The number of thiophene rings is 1. The van der Waals surface area contributed by atoms with E-state index in [9.17, 15) is 0 Å². The van der Waals surface area contributed by atoms with Gasteiger partial charge in [-0.1, -0.05) is 69.2 Å².